The fourth-order valence-electron chi connectivity index (χ4n) is 0.822. The first-order valence-electron chi connectivity index (χ1n) is 3.10. The van der Waals surface area contributed by atoms with Crippen molar-refractivity contribution in [3.63, 3.8) is 0 Å². The van der Waals surface area contributed by atoms with Gasteiger partial charge in [0.15, 0.2) is 0 Å². The Labute approximate surface area is 59.7 Å². The van der Waals surface area contributed by atoms with Crippen LogP contribution in [0, 0.1) is 13.8 Å². The molecule has 54 valence electrons. The van der Waals surface area contributed by atoms with Crippen molar-refractivity contribution in [2.24, 2.45) is 0 Å². The van der Waals surface area contributed by atoms with Gasteiger partial charge in [-0.05, 0) is 31.0 Å². The van der Waals surface area contributed by atoms with E-state index in [1.165, 1.54) is 6.07 Å². The molecule has 2 heteroatoms. The van der Waals surface area contributed by atoms with Gasteiger partial charge in [-0.1, -0.05) is 0 Å². The van der Waals surface area contributed by atoms with Crippen LogP contribution in [0.2, 0.25) is 0 Å². The molecule has 0 unspecified atom stereocenters. The highest BCUT2D eigenvalue weighted by Crippen LogP contribution is 2.24. The van der Waals surface area contributed by atoms with Crippen LogP contribution in [0.5, 0.6) is 11.5 Å². The Kier molecular flexibility index (Phi) is 1.53. The van der Waals surface area contributed by atoms with Gasteiger partial charge in [0.25, 0.3) is 0 Å². The second-order valence-corrected chi connectivity index (χ2v) is 2.41. The smallest absolute Gasteiger partial charge is 0.122 e. The first-order chi connectivity index (χ1) is 4.61. The van der Waals surface area contributed by atoms with Crippen LogP contribution in [0.4, 0.5) is 0 Å². The SMILES string of the molecule is Cc1cc(O)cc(O)c1C. The lowest BCUT2D eigenvalue weighted by molar-refractivity contribution is 0.447. The average molecular weight is 138 g/mol. The molecule has 2 N–H and O–H groups in total. The maximum Gasteiger partial charge on any atom is 0.122 e. The summed E-state index contributed by atoms with van der Waals surface area (Å²) in [5, 5.41) is 18.1. The summed E-state index contributed by atoms with van der Waals surface area (Å²) in [6.45, 7) is 3.65. The topological polar surface area (TPSA) is 40.5 Å². The van der Waals surface area contributed by atoms with E-state index in [1.54, 1.807) is 6.07 Å². The fraction of sp³-hybridized carbons (Fsp3) is 0.250. The van der Waals surface area contributed by atoms with E-state index in [9.17, 15) is 0 Å². The van der Waals surface area contributed by atoms with E-state index < -0.39 is 0 Å². The largest absolute Gasteiger partial charge is 0.508 e. The molecule has 0 aliphatic carbocycles. The number of hydrogen-bond donors (Lipinski definition) is 2. The summed E-state index contributed by atoms with van der Waals surface area (Å²) >= 11 is 0. The van der Waals surface area contributed by atoms with Gasteiger partial charge in [0, 0.05) is 6.07 Å². The molecule has 0 aromatic heterocycles. The van der Waals surface area contributed by atoms with Crippen molar-refractivity contribution in [2.75, 3.05) is 0 Å². The third kappa shape index (κ3) is 1.05. The maximum atomic E-state index is 9.12. The maximum absolute atomic E-state index is 9.12. The molecule has 0 saturated carbocycles. The normalized spacial score (nSPS) is 9.80. The molecular formula is C8H10O2. The van der Waals surface area contributed by atoms with E-state index in [-0.39, 0.29) is 11.5 Å². The first kappa shape index (κ1) is 6.93. The summed E-state index contributed by atoms with van der Waals surface area (Å²) in [6.07, 6.45) is 0. The van der Waals surface area contributed by atoms with Crippen LogP contribution in [0.1, 0.15) is 11.1 Å². The molecule has 0 spiro atoms. The minimum absolute atomic E-state index is 0.112. The lowest BCUT2D eigenvalue weighted by atomic mass is 10.1. The van der Waals surface area contributed by atoms with E-state index in [1.807, 2.05) is 13.8 Å². The zero-order chi connectivity index (χ0) is 7.72. The summed E-state index contributed by atoms with van der Waals surface area (Å²) < 4.78 is 0. The third-order valence-electron chi connectivity index (χ3n) is 1.62. The predicted octanol–water partition coefficient (Wildman–Crippen LogP) is 1.71. The molecule has 0 amide bonds. The molecule has 1 aromatic rings. The monoisotopic (exact) mass is 138 g/mol. The second-order valence-electron chi connectivity index (χ2n) is 2.41. The first-order valence-corrected chi connectivity index (χ1v) is 3.10. The molecule has 1 rings (SSSR count). The van der Waals surface area contributed by atoms with Crippen molar-refractivity contribution in [1.29, 1.82) is 0 Å². The Balaban J connectivity index is 3.31. The van der Waals surface area contributed by atoms with Crippen LogP contribution in [-0.4, -0.2) is 10.2 Å². The molecule has 0 saturated heterocycles. The van der Waals surface area contributed by atoms with Crippen LogP contribution in [0.3, 0.4) is 0 Å². The summed E-state index contributed by atoms with van der Waals surface area (Å²) in [4.78, 5) is 0. The molecule has 1 aromatic carbocycles. The van der Waals surface area contributed by atoms with Crippen molar-refractivity contribution in [3.05, 3.63) is 23.3 Å². The minimum atomic E-state index is 0.112. The number of aryl methyl sites for hydroxylation is 1. The Morgan fingerprint density at radius 2 is 1.70 bits per heavy atom. The summed E-state index contributed by atoms with van der Waals surface area (Å²) in [7, 11) is 0. The van der Waals surface area contributed by atoms with Crippen LogP contribution < -0.4 is 0 Å². The second kappa shape index (κ2) is 2.21. The van der Waals surface area contributed by atoms with Crippen LogP contribution in [-0.2, 0) is 0 Å². The molecule has 0 radical (unpaired) electrons. The van der Waals surface area contributed by atoms with Crippen LogP contribution in [0.25, 0.3) is 0 Å². The Morgan fingerprint density at radius 1 is 1.10 bits per heavy atom. The Bertz CT molecular complexity index is 230. The molecule has 0 aliphatic heterocycles. The summed E-state index contributed by atoms with van der Waals surface area (Å²) in [5.74, 6) is 0.262. The van der Waals surface area contributed by atoms with Crippen molar-refractivity contribution < 1.29 is 10.2 Å². The molecule has 0 aliphatic rings. The van der Waals surface area contributed by atoms with E-state index in [0.717, 1.165) is 11.1 Å². The molecule has 0 fully saturated rings. The highest BCUT2D eigenvalue weighted by atomic mass is 16.3. The van der Waals surface area contributed by atoms with E-state index in [2.05, 4.69) is 0 Å². The number of aromatic hydroxyl groups is 2. The lowest BCUT2D eigenvalue weighted by Gasteiger charge is -2.02. The van der Waals surface area contributed by atoms with Gasteiger partial charge in [0.2, 0.25) is 0 Å². The number of phenolic OH excluding ortho intramolecular Hbond substituents is 2. The highest BCUT2D eigenvalue weighted by Gasteiger charge is 2.00. The Morgan fingerprint density at radius 3 is 2.20 bits per heavy atom. The average Bonchev–Trinajstić information content (AvgIpc) is 1.82. The highest BCUT2D eigenvalue weighted by molar-refractivity contribution is 5.43. The van der Waals surface area contributed by atoms with Crippen molar-refractivity contribution >= 4 is 0 Å². The van der Waals surface area contributed by atoms with Gasteiger partial charge in [0.05, 0.1) is 0 Å². The van der Waals surface area contributed by atoms with Gasteiger partial charge >= 0.3 is 0 Å². The van der Waals surface area contributed by atoms with Crippen molar-refractivity contribution in [3.8, 4) is 11.5 Å². The zero-order valence-corrected chi connectivity index (χ0v) is 6.05. The van der Waals surface area contributed by atoms with Crippen molar-refractivity contribution in [1.82, 2.24) is 0 Å². The van der Waals surface area contributed by atoms with Gasteiger partial charge in [-0.2, -0.15) is 0 Å². The predicted molar refractivity (Wildman–Crippen MR) is 39.2 cm³/mol. The van der Waals surface area contributed by atoms with Gasteiger partial charge < -0.3 is 10.2 Å². The van der Waals surface area contributed by atoms with E-state index in [0.29, 0.717) is 0 Å². The number of hydrogen-bond acceptors (Lipinski definition) is 2. The number of benzene rings is 1. The van der Waals surface area contributed by atoms with Gasteiger partial charge in [0.1, 0.15) is 11.5 Å². The molecule has 2 nitrogen and oxygen atoms in total. The van der Waals surface area contributed by atoms with Gasteiger partial charge in [-0.25, -0.2) is 0 Å². The summed E-state index contributed by atoms with van der Waals surface area (Å²) in [6, 6.07) is 2.96. The zero-order valence-electron chi connectivity index (χ0n) is 6.05. The van der Waals surface area contributed by atoms with Crippen LogP contribution in [0.15, 0.2) is 12.1 Å². The third-order valence-corrected chi connectivity index (χ3v) is 1.62. The lowest BCUT2D eigenvalue weighted by Crippen LogP contribution is -1.80. The fourth-order valence-corrected chi connectivity index (χ4v) is 0.822. The quantitative estimate of drug-likeness (QED) is 0.573. The van der Waals surface area contributed by atoms with Gasteiger partial charge in [-0.3, -0.25) is 0 Å². The standard InChI is InChI=1S/C8H10O2/c1-5-3-7(9)4-8(10)6(5)2/h3-4,9-10H,1-2H3. The van der Waals surface area contributed by atoms with E-state index >= 15 is 0 Å². The molecule has 0 bridgehead atoms. The number of phenols is 2. The summed E-state index contributed by atoms with van der Waals surface area (Å²) in [5.41, 5.74) is 1.72. The van der Waals surface area contributed by atoms with Gasteiger partial charge in [-0.15, -0.1) is 0 Å². The molecular weight excluding hydrogens is 128 g/mol. The molecule has 0 heterocycles. The molecule has 0 atom stereocenters. The number of rotatable bonds is 0. The van der Waals surface area contributed by atoms with E-state index in [4.69, 9.17) is 10.2 Å². The minimum Gasteiger partial charge on any atom is -0.508 e. The molecule has 10 heavy (non-hydrogen) atoms. The Hall–Kier alpha value is -1.18. The van der Waals surface area contributed by atoms with Crippen LogP contribution >= 0.6 is 0 Å². The van der Waals surface area contributed by atoms with Crippen molar-refractivity contribution in [2.45, 2.75) is 13.8 Å².